The van der Waals surface area contributed by atoms with Gasteiger partial charge in [0.15, 0.2) is 23.1 Å². The molecule has 2 heterocycles. The van der Waals surface area contributed by atoms with Gasteiger partial charge in [-0.1, -0.05) is 146 Å². The molecule has 0 N–H and O–H groups in total. The molecule has 0 fully saturated rings. The Hall–Kier alpha value is -6.72. The normalized spacial score (nSPS) is 11.3. The molecular weight excluding hydrogens is 601 g/mol. The van der Waals surface area contributed by atoms with Crippen molar-refractivity contribution in [2.24, 2.45) is 0 Å². The molecule has 9 aromatic rings. The molecule has 49 heavy (non-hydrogen) atoms. The van der Waals surface area contributed by atoms with Gasteiger partial charge in [-0.25, -0.2) is 19.9 Å². The van der Waals surface area contributed by atoms with Crippen LogP contribution in [0.4, 0.5) is 0 Å². The lowest BCUT2D eigenvalue weighted by Gasteiger charge is -2.10. The van der Waals surface area contributed by atoms with Gasteiger partial charge in [-0.2, -0.15) is 0 Å². The Morgan fingerprint density at radius 1 is 0.306 bits per heavy atom. The Labute approximate surface area is 283 Å². The molecular formula is C44H28N4O. The third kappa shape index (κ3) is 5.64. The molecule has 0 saturated heterocycles. The predicted molar refractivity (Wildman–Crippen MR) is 198 cm³/mol. The lowest BCUT2D eigenvalue weighted by molar-refractivity contribution is 0.620. The summed E-state index contributed by atoms with van der Waals surface area (Å²) in [6, 6.07) is 57.8. The predicted octanol–water partition coefficient (Wildman–Crippen LogP) is 11.2. The van der Waals surface area contributed by atoms with E-state index in [0.29, 0.717) is 23.4 Å². The Balaban J connectivity index is 1.09. The molecule has 0 aliphatic carbocycles. The fourth-order valence-corrected chi connectivity index (χ4v) is 6.15. The van der Waals surface area contributed by atoms with Gasteiger partial charge in [0.2, 0.25) is 5.89 Å². The number of rotatable bonds is 6. The SMILES string of the molecule is c1ccc(-c2ccc(-c3nc(-c4ccc(-c5ccccc5)cc4)nc(-c4ccc(-c5nc6cc7ccccc7cc6o5)cc4)n3)cc2)cc1. The first-order chi connectivity index (χ1) is 24.2. The van der Waals surface area contributed by atoms with Crippen molar-refractivity contribution in [1.29, 1.82) is 0 Å². The minimum absolute atomic E-state index is 0.575. The highest BCUT2D eigenvalue weighted by atomic mass is 16.3. The molecule has 0 bridgehead atoms. The number of hydrogen-bond donors (Lipinski definition) is 0. The van der Waals surface area contributed by atoms with E-state index in [0.717, 1.165) is 66.4 Å². The molecule has 5 heteroatoms. The molecule has 2 aromatic heterocycles. The number of oxazole rings is 1. The van der Waals surface area contributed by atoms with E-state index in [1.54, 1.807) is 0 Å². The van der Waals surface area contributed by atoms with Crippen LogP contribution >= 0.6 is 0 Å². The topological polar surface area (TPSA) is 64.7 Å². The van der Waals surface area contributed by atoms with Crippen molar-refractivity contribution in [3.05, 3.63) is 170 Å². The summed E-state index contributed by atoms with van der Waals surface area (Å²) < 4.78 is 6.19. The number of nitrogens with zero attached hydrogens (tertiary/aromatic N) is 4. The molecule has 9 rings (SSSR count). The van der Waals surface area contributed by atoms with Crippen LogP contribution in [-0.2, 0) is 0 Å². The Morgan fingerprint density at radius 2 is 0.673 bits per heavy atom. The quantitative estimate of drug-likeness (QED) is 0.183. The summed E-state index contributed by atoms with van der Waals surface area (Å²) in [6.07, 6.45) is 0. The second-order valence-electron chi connectivity index (χ2n) is 12.0. The monoisotopic (exact) mass is 628 g/mol. The van der Waals surface area contributed by atoms with E-state index in [4.69, 9.17) is 24.4 Å². The zero-order valence-corrected chi connectivity index (χ0v) is 26.4. The summed E-state index contributed by atoms with van der Waals surface area (Å²) in [6.45, 7) is 0. The molecule has 5 nitrogen and oxygen atoms in total. The van der Waals surface area contributed by atoms with Crippen LogP contribution in [0.15, 0.2) is 174 Å². The van der Waals surface area contributed by atoms with Gasteiger partial charge in [0.05, 0.1) is 0 Å². The van der Waals surface area contributed by atoms with Crippen LogP contribution < -0.4 is 0 Å². The van der Waals surface area contributed by atoms with Crippen molar-refractivity contribution >= 4 is 21.9 Å². The van der Waals surface area contributed by atoms with E-state index >= 15 is 0 Å². The number of hydrogen-bond acceptors (Lipinski definition) is 5. The molecule has 7 aromatic carbocycles. The Bertz CT molecular complexity index is 2410. The zero-order chi connectivity index (χ0) is 32.6. The second-order valence-corrected chi connectivity index (χ2v) is 12.0. The van der Waals surface area contributed by atoms with Crippen molar-refractivity contribution in [2.45, 2.75) is 0 Å². The van der Waals surface area contributed by atoms with E-state index in [2.05, 4.69) is 91.0 Å². The maximum absolute atomic E-state index is 6.19. The van der Waals surface area contributed by atoms with Gasteiger partial charge in [-0.3, -0.25) is 0 Å². The van der Waals surface area contributed by atoms with Gasteiger partial charge in [-0.15, -0.1) is 0 Å². The summed E-state index contributed by atoms with van der Waals surface area (Å²) in [4.78, 5) is 19.7. The standard InChI is InChI=1S/C44H28N4O/c1-3-9-29(10-4-1)31-15-19-33(20-16-31)41-46-42(34-21-17-32(18-22-34)30-11-5-2-6-12-30)48-43(47-41)35-23-25-36(26-24-35)44-45-39-27-37-13-7-8-14-38(37)28-40(39)49-44/h1-28H. The number of fused-ring (bicyclic) bond motifs is 2. The molecule has 0 aliphatic heterocycles. The van der Waals surface area contributed by atoms with Gasteiger partial charge in [0.1, 0.15) is 5.52 Å². The van der Waals surface area contributed by atoms with Gasteiger partial charge < -0.3 is 4.42 Å². The second kappa shape index (κ2) is 12.1. The van der Waals surface area contributed by atoms with Gasteiger partial charge in [-0.05, 0) is 57.3 Å². The maximum atomic E-state index is 6.19. The number of benzene rings is 7. The third-order valence-electron chi connectivity index (χ3n) is 8.78. The van der Waals surface area contributed by atoms with E-state index in [9.17, 15) is 0 Å². The van der Waals surface area contributed by atoms with Crippen molar-refractivity contribution in [3.63, 3.8) is 0 Å². The lowest BCUT2D eigenvalue weighted by Crippen LogP contribution is -2.00. The third-order valence-corrected chi connectivity index (χ3v) is 8.78. The van der Waals surface area contributed by atoms with Gasteiger partial charge in [0, 0.05) is 22.3 Å². The molecule has 0 unspecified atom stereocenters. The van der Waals surface area contributed by atoms with E-state index in [1.165, 1.54) is 0 Å². The van der Waals surface area contributed by atoms with Crippen molar-refractivity contribution in [1.82, 2.24) is 19.9 Å². The van der Waals surface area contributed by atoms with E-state index < -0.39 is 0 Å². The average Bonchev–Trinajstić information content (AvgIpc) is 3.60. The molecule has 0 aliphatic rings. The molecule has 0 atom stereocenters. The Kier molecular flexibility index (Phi) is 7.06. The van der Waals surface area contributed by atoms with Crippen LogP contribution in [0.25, 0.3) is 89.7 Å². The van der Waals surface area contributed by atoms with E-state index in [-0.39, 0.29) is 0 Å². The van der Waals surface area contributed by atoms with Crippen LogP contribution in [-0.4, -0.2) is 19.9 Å². The first kappa shape index (κ1) is 28.5. The minimum atomic E-state index is 0.575. The highest BCUT2D eigenvalue weighted by Gasteiger charge is 2.15. The van der Waals surface area contributed by atoms with Gasteiger partial charge in [0.25, 0.3) is 0 Å². The Morgan fingerprint density at radius 3 is 1.14 bits per heavy atom. The summed E-state index contributed by atoms with van der Waals surface area (Å²) in [5.41, 5.74) is 9.79. The number of aromatic nitrogens is 4. The highest BCUT2D eigenvalue weighted by Crippen LogP contribution is 2.31. The van der Waals surface area contributed by atoms with Crippen LogP contribution in [0.3, 0.4) is 0 Å². The van der Waals surface area contributed by atoms with Crippen molar-refractivity contribution in [2.75, 3.05) is 0 Å². The average molecular weight is 629 g/mol. The molecule has 0 spiro atoms. The largest absolute Gasteiger partial charge is 0.436 e. The molecule has 230 valence electrons. The molecule has 0 amide bonds. The fraction of sp³-hybridized carbons (Fsp3) is 0. The minimum Gasteiger partial charge on any atom is -0.436 e. The fourth-order valence-electron chi connectivity index (χ4n) is 6.15. The first-order valence-corrected chi connectivity index (χ1v) is 16.2. The summed E-state index contributed by atoms with van der Waals surface area (Å²) in [5, 5.41) is 2.26. The smallest absolute Gasteiger partial charge is 0.227 e. The van der Waals surface area contributed by atoms with Crippen LogP contribution in [0, 0.1) is 0 Å². The molecule has 0 saturated carbocycles. The first-order valence-electron chi connectivity index (χ1n) is 16.2. The zero-order valence-electron chi connectivity index (χ0n) is 26.4. The maximum Gasteiger partial charge on any atom is 0.227 e. The summed E-state index contributed by atoms with van der Waals surface area (Å²) in [5.74, 6) is 2.39. The van der Waals surface area contributed by atoms with Crippen molar-refractivity contribution < 1.29 is 4.42 Å². The molecule has 0 radical (unpaired) electrons. The van der Waals surface area contributed by atoms with Crippen LogP contribution in [0.1, 0.15) is 0 Å². The highest BCUT2D eigenvalue weighted by molar-refractivity contribution is 5.95. The summed E-state index contributed by atoms with van der Waals surface area (Å²) in [7, 11) is 0. The summed E-state index contributed by atoms with van der Waals surface area (Å²) >= 11 is 0. The van der Waals surface area contributed by atoms with Crippen LogP contribution in [0.2, 0.25) is 0 Å². The van der Waals surface area contributed by atoms with Crippen LogP contribution in [0.5, 0.6) is 0 Å². The van der Waals surface area contributed by atoms with Crippen molar-refractivity contribution in [3.8, 4) is 67.9 Å². The van der Waals surface area contributed by atoms with E-state index in [1.807, 2.05) is 78.9 Å². The van der Waals surface area contributed by atoms with Gasteiger partial charge >= 0.3 is 0 Å². The lowest BCUT2D eigenvalue weighted by atomic mass is 10.0.